The van der Waals surface area contributed by atoms with E-state index in [1.807, 2.05) is 37.3 Å². The summed E-state index contributed by atoms with van der Waals surface area (Å²) in [5.41, 5.74) is 8.91. The topological polar surface area (TPSA) is 73.6 Å². The van der Waals surface area contributed by atoms with Gasteiger partial charge in [-0.1, -0.05) is 18.2 Å². The number of rotatable bonds is 6. The summed E-state index contributed by atoms with van der Waals surface area (Å²) >= 11 is 0. The van der Waals surface area contributed by atoms with Crippen LogP contribution in [0.3, 0.4) is 0 Å². The lowest BCUT2D eigenvalue weighted by atomic mass is 10.1. The normalized spacial score (nSPS) is 16.0. The minimum absolute atomic E-state index is 0. The minimum atomic E-state index is -0.172. The van der Waals surface area contributed by atoms with Gasteiger partial charge in [-0.15, -0.1) is 12.4 Å². The van der Waals surface area contributed by atoms with Crippen LogP contribution in [0.5, 0.6) is 5.75 Å². The van der Waals surface area contributed by atoms with Gasteiger partial charge < -0.3 is 20.5 Å². The number of hydrogen-bond donors (Lipinski definition) is 2. The van der Waals surface area contributed by atoms with Crippen molar-refractivity contribution in [1.29, 1.82) is 0 Å². The molecule has 5 nitrogen and oxygen atoms in total. The van der Waals surface area contributed by atoms with Crippen LogP contribution in [0.4, 0.5) is 5.69 Å². The lowest BCUT2D eigenvalue weighted by molar-refractivity contribution is 0.0681. The van der Waals surface area contributed by atoms with Gasteiger partial charge in [0.05, 0.1) is 11.8 Å². The Morgan fingerprint density at radius 2 is 2.04 bits per heavy atom. The molecule has 26 heavy (non-hydrogen) atoms. The molecule has 0 spiro atoms. The molecule has 0 radical (unpaired) electrons. The maximum atomic E-state index is 12.5. The fraction of sp³-hybridized carbons (Fsp3) is 0.350. The Bertz CT molecular complexity index is 728. The second-order valence-corrected chi connectivity index (χ2v) is 6.30. The second-order valence-electron chi connectivity index (χ2n) is 6.30. The monoisotopic (exact) mass is 376 g/mol. The SMILES string of the molecule is Cc1ccc(NC(=O)c2ccc(CN)cc2)c(OCC2CCCO2)c1.Cl. The summed E-state index contributed by atoms with van der Waals surface area (Å²) in [5, 5.41) is 2.93. The Hall–Kier alpha value is -2.08. The van der Waals surface area contributed by atoms with Gasteiger partial charge in [0.2, 0.25) is 0 Å². The van der Waals surface area contributed by atoms with Crippen LogP contribution in [0.2, 0.25) is 0 Å². The van der Waals surface area contributed by atoms with Gasteiger partial charge in [-0.05, 0) is 55.2 Å². The Morgan fingerprint density at radius 1 is 1.27 bits per heavy atom. The first-order valence-corrected chi connectivity index (χ1v) is 8.61. The third-order valence-corrected chi connectivity index (χ3v) is 4.29. The van der Waals surface area contributed by atoms with E-state index in [1.165, 1.54) is 0 Å². The number of halogens is 1. The summed E-state index contributed by atoms with van der Waals surface area (Å²) in [5.74, 6) is 0.497. The highest BCUT2D eigenvalue weighted by Crippen LogP contribution is 2.27. The molecule has 3 rings (SSSR count). The van der Waals surface area contributed by atoms with Crippen molar-refractivity contribution >= 4 is 24.0 Å². The van der Waals surface area contributed by atoms with Crippen LogP contribution in [0.1, 0.15) is 34.3 Å². The lowest BCUT2D eigenvalue weighted by Crippen LogP contribution is -2.18. The van der Waals surface area contributed by atoms with Crippen LogP contribution in [-0.4, -0.2) is 25.2 Å². The van der Waals surface area contributed by atoms with E-state index >= 15 is 0 Å². The number of carbonyl (C=O) groups is 1. The molecule has 6 heteroatoms. The predicted molar refractivity (Wildman–Crippen MR) is 105 cm³/mol. The number of aryl methyl sites for hydroxylation is 1. The Labute approximate surface area is 160 Å². The van der Waals surface area contributed by atoms with E-state index in [1.54, 1.807) is 12.1 Å². The van der Waals surface area contributed by atoms with Gasteiger partial charge in [-0.3, -0.25) is 4.79 Å². The van der Waals surface area contributed by atoms with Crippen LogP contribution in [-0.2, 0) is 11.3 Å². The first-order valence-electron chi connectivity index (χ1n) is 8.61. The van der Waals surface area contributed by atoms with E-state index in [2.05, 4.69) is 5.32 Å². The maximum absolute atomic E-state index is 12.5. The highest BCUT2D eigenvalue weighted by molar-refractivity contribution is 6.05. The molecule has 2 aromatic carbocycles. The zero-order valence-corrected chi connectivity index (χ0v) is 15.7. The molecule has 3 N–H and O–H groups in total. The van der Waals surface area contributed by atoms with E-state index in [0.717, 1.165) is 30.6 Å². The van der Waals surface area contributed by atoms with Crippen molar-refractivity contribution in [1.82, 2.24) is 0 Å². The van der Waals surface area contributed by atoms with Gasteiger partial charge in [0, 0.05) is 18.7 Å². The number of carbonyl (C=O) groups excluding carboxylic acids is 1. The maximum Gasteiger partial charge on any atom is 0.255 e. The number of anilines is 1. The summed E-state index contributed by atoms with van der Waals surface area (Å²) in [4.78, 5) is 12.5. The molecule has 0 bridgehead atoms. The van der Waals surface area contributed by atoms with Crippen LogP contribution in [0.15, 0.2) is 42.5 Å². The van der Waals surface area contributed by atoms with E-state index in [9.17, 15) is 4.79 Å². The van der Waals surface area contributed by atoms with Crippen molar-refractivity contribution in [3.05, 3.63) is 59.2 Å². The molecule has 0 aromatic heterocycles. The van der Waals surface area contributed by atoms with Crippen molar-refractivity contribution in [2.75, 3.05) is 18.5 Å². The third-order valence-electron chi connectivity index (χ3n) is 4.29. The van der Waals surface area contributed by atoms with Gasteiger partial charge in [0.1, 0.15) is 12.4 Å². The summed E-state index contributed by atoms with van der Waals surface area (Å²) in [6.45, 7) is 3.75. The molecule has 1 heterocycles. The van der Waals surface area contributed by atoms with E-state index in [4.69, 9.17) is 15.2 Å². The van der Waals surface area contributed by atoms with Crippen LogP contribution < -0.4 is 15.8 Å². The zero-order chi connectivity index (χ0) is 17.6. The first-order chi connectivity index (χ1) is 12.2. The molecule has 1 aliphatic rings. The van der Waals surface area contributed by atoms with E-state index in [0.29, 0.717) is 30.2 Å². The molecule has 1 unspecified atom stereocenters. The molecule has 140 valence electrons. The third kappa shape index (κ3) is 5.21. The predicted octanol–water partition coefficient (Wildman–Crippen LogP) is 3.69. The van der Waals surface area contributed by atoms with Crippen molar-refractivity contribution in [2.45, 2.75) is 32.4 Å². The number of ether oxygens (including phenoxy) is 2. The Morgan fingerprint density at radius 3 is 2.69 bits per heavy atom. The average Bonchev–Trinajstić information content (AvgIpc) is 3.15. The fourth-order valence-electron chi connectivity index (χ4n) is 2.80. The number of hydrogen-bond acceptors (Lipinski definition) is 4. The zero-order valence-electron chi connectivity index (χ0n) is 14.9. The average molecular weight is 377 g/mol. The smallest absolute Gasteiger partial charge is 0.255 e. The first kappa shape index (κ1) is 20.2. The number of nitrogens with two attached hydrogens (primary N) is 1. The summed E-state index contributed by atoms with van der Waals surface area (Å²) < 4.78 is 11.5. The highest BCUT2D eigenvalue weighted by Gasteiger charge is 2.17. The van der Waals surface area contributed by atoms with Gasteiger partial charge in [-0.2, -0.15) is 0 Å². The van der Waals surface area contributed by atoms with Crippen LogP contribution in [0.25, 0.3) is 0 Å². The summed E-state index contributed by atoms with van der Waals surface area (Å²) in [6.07, 6.45) is 2.22. The minimum Gasteiger partial charge on any atom is -0.489 e. The van der Waals surface area contributed by atoms with Crippen LogP contribution in [0, 0.1) is 6.92 Å². The van der Waals surface area contributed by atoms with Crippen LogP contribution >= 0.6 is 12.4 Å². The molecule has 1 saturated heterocycles. The number of amides is 1. The molecule has 2 aromatic rings. The summed E-state index contributed by atoms with van der Waals surface area (Å²) in [6, 6.07) is 13.0. The molecule has 1 amide bonds. The van der Waals surface area contributed by atoms with E-state index < -0.39 is 0 Å². The molecule has 0 aliphatic carbocycles. The van der Waals surface area contributed by atoms with Crippen molar-refractivity contribution in [2.24, 2.45) is 5.73 Å². The van der Waals surface area contributed by atoms with Gasteiger partial charge in [-0.25, -0.2) is 0 Å². The molecule has 0 saturated carbocycles. The fourth-order valence-corrected chi connectivity index (χ4v) is 2.80. The molecule has 1 aliphatic heterocycles. The van der Waals surface area contributed by atoms with E-state index in [-0.39, 0.29) is 24.4 Å². The molecular weight excluding hydrogens is 352 g/mol. The van der Waals surface area contributed by atoms with Crippen molar-refractivity contribution in [3.8, 4) is 5.75 Å². The van der Waals surface area contributed by atoms with Crippen molar-refractivity contribution < 1.29 is 14.3 Å². The molecule has 1 fully saturated rings. The largest absolute Gasteiger partial charge is 0.489 e. The van der Waals surface area contributed by atoms with Gasteiger partial charge >= 0.3 is 0 Å². The Kier molecular flexibility index (Phi) is 7.45. The number of benzene rings is 2. The summed E-state index contributed by atoms with van der Waals surface area (Å²) in [7, 11) is 0. The molecule has 1 atom stereocenters. The lowest BCUT2D eigenvalue weighted by Gasteiger charge is -2.16. The second kappa shape index (κ2) is 9.57. The van der Waals surface area contributed by atoms with Gasteiger partial charge in [0.15, 0.2) is 0 Å². The number of nitrogens with one attached hydrogen (secondary N) is 1. The van der Waals surface area contributed by atoms with Gasteiger partial charge in [0.25, 0.3) is 5.91 Å². The Balaban J connectivity index is 0.00000243. The standard InChI is InChI=1S/C20H24N2O3.ClH/c1-14-4-9-18(19(11-14)25-13-17-3-2-10-24-17)22-20(23)16-7-5-15(12-21)6-8-16;/h4-9,11,17H,2-3,10,12-13,21H2,1H3,(H,22,23);1H. The quantitative estimate of drug-likeness (QED) is 0.806. The van der Waals surface area contributed by atoms with Crippen molar-refractivity contribution in [3.63, 3.8) is 0 Å². The highest BCUT2D eigenvalue weighted by atomic mass is 35.5. The molecular formula is C20H25ClN2O3.